The van der Waals surface area contributed by atoms with E-state index in [1.54, 1.807) is 32.2 Å². The molecule has 3 heterocycles. The molecule has 0 aromatic carbocycles. The monoisotopic (exact) mass is 577 g/mol. The molecule has 0 bridgehead atoms. The molecule has 3 N–H and O–H groups in total. The first kappa shape index (κ1) is 27.6. The number of ether oxygens (including phenoxy) is 2. The summed E-state index contributed by atoms with van der Waals surface area (Å²) in [5.41, 5.74) is 4.98. The Bertz CT molecular complexity index is 1040. The Morgan fingerprint density at radius 2 is 2.03 bits per heavy atom. The summed E-state index contributed by atoms with van der Waals surface area (Å²) in [4.78, 5) is 59.7. The Morgan fingerprint density at radius 3 is 2.62 bits per heavy atom. The summed E-state index contributed by atoms with van der Waals surface area (Å²) in [5, 5.41) is 7.57. The second-order valence-corrected chi connectivity index (χ2v) is 9.94. The van der Waals surface area contributed by atoms with E-state index in [1.165, 1.54) is 23.8 Å². The first-order valence-electron chi connectivity index (χ1n) is 9.67. The van der Waals surface area contributed by atoms with Crippen LogP contribution in [-0.4, -0.2) is 70.4 Å². The van der Waals surface area contributed by atoms with Crippen molar-refractivity contribution in [3.05, 3.63) is 22.8 Å². The van der Waals surface area contributed by atoms with E-state index in [2.05, 4.69) is 15.5 Å². The number of oxime groups is 1. The summed E-state index contributed by atoms with van der Waals surface area (Å²) < 4.78 is 9.93. The molecule has 15 heteroatoms. The van der Waals surface area contributed by atoms with Crippen molar-refractivity contribution in [2.75, 3.05) is 25.4 Å². The van der Waals surface area contributed by atoms with E-state index in [0.29, 0.717) is 5.75 Å². The lowest BCUT2D eigenvalue weighted by Gasteiger charge is -2.48. The summed E-state index contributed by atoms with van der Waals surface area (Å²) in [6.45, 7) is 4.44. The van der Waals surface area contributed by atoms with Crippen LogP contribution in [0.3, 0.4) is 0 Å². The van der Waals surface area contributed by atoms with Crippen molar-refractivity contribution in [3.63, 3.8) is 0 Å². The third kappa shape index (κ3) is 5.88. The van der Waals surface area contributed by atoms with Gasteiger partial charge in [-0.05, 0) is 26.8 Å². The summed E-state index contributed by atoms with van der Waals surface area (Å²) in [7, 11) is 1.28. The number of nitrogen functional groups attached to an aromatic ring is 1. The standard InChI is InChI=1S/C19H23N5O7S2.BrH/c1-19(2,3)17(28)31-8-30-16(27)10-5-6-32-15-12(14(26)24(10)15)22-13(25)11(23-29-4)9-7-33-18(20)21-9;/h5,7,12,15H,6,8H2,1-4H3,(H2,20,21)(H,22,25);1H/t12-,15-;/m1./s1. The number of hydrogen-bond donors (Lipinski definition) is 2. The molecule has 2 atom stereocenters. The van der Waals surface area contributed by atoms with Crippen molar-refractivity contribution in [1.82, 2.24) is 15.2 Å². The number of carbonyl (C=O) groups excluding carboxylic acids is 4. The zero-order chi connectivity index (χ0) is 24.3. The fourth-order valence-corrected chi connectivity index (χ4v) is 4.60. The van der Waals surface area contributed by atoms with Crippen LogP contribution in [0, 0.1) is 5.41 Å². The van der Waals surface area contributed by atoms with Crippen molar-refractivity contribution >= 4 is 74.7 Å². The quantitative estimate of drug-likeness (QED) is 0.157. The lowest BCUT2D eigenvalue weighted by atomic mass is 9.98. The highest BCUT2D eigenvalue weighted by atomic mass is 79.9. The van der Waals surface area contributed by atoms with Gasteiger partial charge in [-0.1, -0.05) is 5.16 Å². The zero-order valence-corrected chi connectivity index (χ0v) is 22.1. The SMILES string of the molecule is Br.CON=C(C(=O)N[C@@H]1C(=O)N2C(C(=O)OCOC(=O)C(C)(C)C)=CCS[C@H]12)c1csc(N)n1. The van der Waals surface area contributed by atoms with E-state index in [-0.39, 0.29) is 39.2 Å². The van der Waals surface area contributed by atoms with Gasteiger partial charge in [-0.15, -0.1) is 40.1 Å². The molecule has 0 radical (unpaired) electrons. The van der Waals surface area contributed by atoms with Crippen LogP contribution in [-0.2, 0) is 33.5 Å². The number of rotatable bonds is 7. The van der Waals surface area contributed by atoms with Crippen LogP contribution in [0.1, 0.15) is 26.5 Å². The molecule has 1 saturated heterocycles. The van der Waals surface area contributed by atoms with Crippen LogP contribution in [0.5, 0.6) is 0 Å². The predicted molar refractivity (Wildman–Crippen MR) is 130 cm³/mol. The number of fused-ring (bicyclic) bond motifs is 1. The lowest BCUT2D eigenvalue weighted by Crippen LogP contribution is -2.70. The highest BCUT2D eigenvalue weighted by Crippen LogP contribution is 2.37. The average molecular weight is 578 g/mol. The third-order valence-corrected chi connectivity index (χ3v) is 6.35. The molecule has 1 aromatic heterocycles. The van der Waals surface area contributed by atoms with Crippen LogP contribution in [0.25, 0.3) is 0 Å². The van der Waals surface area contributed by atoms with Crippen LogP contribution in [0.4, 0.5) is 5.13 Å². The number of β-lactam (4-membered cyclic amide) rings is 1. The minimum Gasteiger partial charge on any atom is -0.427 e. The maximum absolute atomic E-state index is 12.7. The predicted octanol–water partition coefficient (Wildman–Crippen LogP) is 1.03. The highest BCUT2D eigenvalue weighted by molar-refractivity contribution is 8.93. The van der Waals surface area contributed by atoms with Gasteiger partial charge in [-0.3, -0.25) is 19.3 Å². The molecular weight excluding hydrogens is 554 g/mol. The van der Waals surface area contributed by atoms with Gasteiger partial charge in [-0.25, -0.2) is 9.78 Å². The van der Waals surface area contributed by atoms with E-state index in [9.17, 15) is 19.2 Å². The fraction of sp³-hybridized carbons (Fsp3) is 0.474. The number of thioether (sulfide) groups is 1. The number of nitrogens with two attached hydrogens (primary N) is 1. The van der Waals surface area contributed by atoms with E-state index in [4.69, 9.17) is 20.0 Å². The topological polar surface area (TPSA) is 163 Å². The summed E-state index contributed by atoms with van der Waals surface area (Å²) in [5.74, 6) is -2.09. The first-order valence-corrected chi connectivity index (χ1v) is 11.6. The minimum atomic E-state index is -0.893. The molecule has 34 heavy (non-hydrogen) atoms. The Kier molecular flexibility index (Phi) is 9.08. The molecule has 3 rings (SSSR count). The molecule has 0 aliphatic carbocycles. The first-order chi connectivity index (χ1) is 15.5. The fourth-order valence-electron chi connectivity index (χ4n) is 2.86. The molecule has 2 aliphatic heterocycles. The minimum absolute atomic E-state index is 0. The number of esters is 2. The van der Waals surface area contributed by atoms with E-state index in [1.807, 2.05) is 0 Å². The molecular formula is C19H24BrN5O7S2. The Labute approximate surface area is 214 Å². The Hall–Kier alpha value is -2.65. The second kappa shape index (κ2) is 11.2. The van der Waals surface area contributed by atoms with Crippen LogP contribution < -0.4 is 11.1 Å². The van der Waals surface area contributed by atoms with Crippen LogP contribution in [0.2, 0.25) is 0 Å². The van der Waals surface area contributed by atoms with Gasteiger partial charge in [0, 0.05) is 11.1 Å². The second-order valence-electron chi connectivity index (χ2n) is 7.90. The van der Waals surface area contributed by atoms with E-state index in [0.717, 1.165) is 11.3 Å². The average Bonchev–Trinajstić information content (AvgIpc) is 3.19. The van der Waals surface area contributed by atoms with Gasteiger partial charge in [0.15, 0.2) is 10.8 Å². The van der Waals surface area contributed by atoms with Crippen molar-refractivity contribution in [1.29, 1.82) is 0 Å². The Morgan fingerprint density at radius 1 is 1.32 bits per heavy atom. The number of nitrogens with zero attached hydrogens (tertiary/aromatic N) is 3. The number of amides is 2. The van der Waals surface area contributed by atoms with Gasteiger partial charge < -0.3 is 25.4 Å². The molecule has 186 valence electrons. The zero-order valence-electron chi connectivity index (χ0n) is 18.7. The maximum Gasteiger partial charge on any atom is 0.357 e. The van der Waals surface area contributed by atoms with Gasteiger partial charge in [0.25, 0.3) is 11.8 Å². The van der Waals surface area contributed by atoms with Gasteiger partial charge in [0.2, 0.25) is 6.79 Å². The van der Waals surface area contributed by atoms with E-state index >= 15 is 0 Å². The number of hydrogen-bond acceptors (Lipinski definition) is 12. The number of anilines is 1. The summed E-state index contributed by atoms with van der Waals surface area (Å²) in [6.07, 6.45) is 1.54. The molecule has 2 amide bonds. The van der Waals surface area contributed by atoms with Crippen molar-refractivity contribution in [2.45, 2.75) is 32.2 Å². The molecule has 1 aromatic rings. The van der Waals surface area contributed by atoms with Crippen molar-refractivity contribution < 1.29 is 33.5 Å². The van der Waals surface area contributed by atoms with Crippen LogP contribution >= 0.6 is 40.1 Å². The smallest absolute Gasteiger partial charge is 0.357 e. The molecule has 0 unspecified atom stereocenters. The third-order valence-electron chi connectivity index (χ3n) is 4.50. The number of thiazole rings is 1. The number of carbonyl (C=O) groups is 4. The summed E-state index contributed by atoms with van der Waals surface area (Å²) in [6, 6.07) is -0.893. The summed E-state index contributed by atoms with van der Waals surface area (Å²) >= 11 is 2.49. The number of nitrogens with one attached hydrogen (secondary N) is 1. The molecule has 12 nitrogen and oxygen atoms in total. The van der Waals surface area contributed by atoms with Gasteiger partial charge >= 0.3 is 11.9 Å². The largest absolute Gasteiger partial charge is 0.427 e. The van der Waals surface area contributed by atoms with Gasteiger partial charge in [0.05, 0.1) is 5.41 Å². The maximum atomic E-state index is 12.7. The molecule has 1 fully saturated rings. The molecule has 0 spiro atoms. The van der Waals surface area contributed by atoms with Crippen molar-refractivity contribution in [3.8, 4) is 0 Å². The number of halogens is 1. The van der Waals surface area contributed by atoms with Gasteiger partial charge in [-0.2, -0.15) is 0 Å². The lowest BCUT2D eigenvalue weighted by molar-refractivity contribution is -0.173. The normalized spacial score (nSPS) is 19.6. The van der Waals surface area contributed by atoms with Crippen molar-refractivity contribution in [2.24, 2.45) is 10.6 Å². The van der Waals surface area contributed by atoms with Crippen LogP contribution in [0.15, 0.2) is 22.3 Å². The number of aromatic nitrogens is 1. The Balaban J connectivity index is 0.00000408. The molecule has 0 saturated carbocycles. The molecule has 2 aliphatic rings. The van der Waals surface area contributed by atoms with Gasteiger partial charge in [0.1, 0.15) is 29.9 Å². The highest BCUT2D eigenvalue weighted by Gasteiger charge is 2.53. The van der Waals surface area contributed by atoms with E-state index < -0.39 is 47.4 Å².